The molecular weight excluding hydrogens is 286 g/mol. The minimum atomic E-state index is 0.749. The van der Waals surface area contributed by atoms with Crippen molar-refractivity contribution in [3.8, 4) is 0 Å². The van der Waals surface area contributed by atoms with E-state index < -0.39 is 0 Å². The van der Waals surface area contributed by atoms with Crippen molar-refractivity contribution in [1.29, 1.82) is 0 Å². The molecule has 0 aliphatic carbocycles. The highest BCUT2D eigenvalue weighted by Gasteiger charge is 2.15. The van der Waals surface area contributed by atoms with Gasteiger partial charge in [-0.1, -0.05) is 6.07 Å². The fourth-order valence-corrected chi connectivity index (χ4v) is 3.07. The third kappa shape index (κ3) is 2.95. The Kier molecular flexibility index (Phi) is 3.76. The van der Waals surface area contributed by atoms with Gasteiger partial charge in [0.25, 0.3) is 0 Å². The van der Waals surface area contributed by atoms with Crippen LogP contribution in [-0.2, 0) is 6.54 Å². The van der Waals surface area contributed by atoms with Crippen LogP contribution < -0.4 is 10.2 Å². The van der Waals surface area contributed by atoms with Crippen molar-refractivity contribution in [3.63, 3.8) is 0 Å². The summed E-state index contributed by atoms with van der Waals surface area (Å²) in [6, 6.07) is 8.29. The number of nitrogens with zero attached hydrogens (tertiary/aromatic N) is 4. The van der Waals surface area contributed by atoms with E-state index in [1.54, 1.807) is 12.4 Å². The fraction of sp³-hybridized carbons (Fsp3) is 0.278. The highest BCUT2D eigenvalue weighted by atomic mass is 15.2. The number of benzene rings is 1. The number of hydrogen-bond donors (Lipinski definition) is 1. The van der Waals surface area contributed by atoms with Crippen molar-refractivity contribution in [1.82, 2.24) is 15.0 Å². The molecule has 116 valence electrons. The first-order valence-electron chi connectivity index (χ1n) is 8.03. The molecule has 4 rings (SSSR count). The molecule has 5 heteroatoms. The van der Waals surface area contributed by atoms with Crippen LogP contribution in [-0.4, -0.2) is 28.0 Å². The molecule has 0 atom stereocenters. The largest absolute Gasteiger partial charge is 0.378 e. The molecule has 0 radical (unpaired) electrons. The van der Waals surface area contributed by atoms with Crippen LogP contribution in [0.15, 0.2) is 49.1 Å². The summed E-state index contributed by atoms with van der Waals surface area (Å²) in [6.45, 7) is 3.01. The number of aromatic nitrogens is 3. The lowest BCUT2D eigenvalue weighted by Crippen LogP contribution is -2.19. The molecule has 1 N–H and O–H groups in total. The maximum Gasteiger partial charge on any atom is 0.0890 e. The molecule has 0 amide bonds. The Hall–Kier alpha value is -2.69. The number of pyridine rings is 1. The summed E-state index contributed by atoms with van der Waals surface area (Å²) in [4.78, 5) is 15.4. The molecule has 5 nitrogen and oxygen atoms in total. The molecule has 1 aliphatic rings. The Balaban J connectivity index is 1.54. The molecular formula is C18H19N5. The molecule has 3 heterocycles. The van der Waals surface area contributed by atoms with E-state index in [0.29, 0.717) is 0 Å². The van der Waals surface area contributed by atoms with Crippen LogP contribution in [0, 0.1) is 0 Å². The molecule has 0 saturated carbocycles. The summed E-state index contributed by atoms with van der Waals surface area (Å²) in [5.41, 5.74) is 5.38. The molecule has 1 fully saturated rings. The zero-order valence-corrected chi connectivity index (χ0v) is 12.9. The minimum Gasteiger partial charge on any atom is -0.378 e. The van der Waals surface area contributed by atoms with Gasteiger partial charge in [-0.3, -0.25) is 15.0 Å². The quantitative estimate of drug-likeness (QED) is 0.802. The van der Waals surface area contributed by atoms with Gasteiger partial charge in [0.15, 0.2) is 0 Å². The smallest absolute Gasteiger partial charge is 0.0890 e. The number of rotatable bonds is 4. The lowest BCUT2D eigenvalue weighted by atomic mass is 10.2. The molecule has 0 unspecified atom stereocenters. The third-order valence-corrected chi connectivity index (χ3v) is 4.26. The van der Waals surface area contributed by atoms with E-state index in [9.17, 15) is 0 Å². The lowest BCUT2D eigenvalue weighted by molar-refractivity contribution is 0.949. The molecule has 1 aliphatic heterocycles. The Morgan fingerprint density at radius 1 is 0.957 bits per heavy atom. The van der Waals surface area contributed by atoms with Gasteiger partial charge in [0.2, 0.25) is 0 Å². The maximum atomic E-state index is 4.37. The molecule has 0 bridgehead atoms. The zero-order valence-electron chi connectivity index (χ0n) is 12.9. The Bertz CT molecular complexity index is 811. The third-order valence-electron chi connectivity index (χ3n) is 4.26. The van der Waals surface area contributed by atoms with Crippen LogP contribution in [0.3, 0.4) is 0 Å². The molecule has 1 aromatic carbocycles. The summed E-state index contributed by atoms with van der Waals surface area (Å²) in [6.07, 6.45) is 9.76. The molecule has 2 aromatic heterocycles. The summed E-state index contributed by atoms with van der Waals surface area (Å²) >= 11 is 0. The summed E-state index contributed by atoms with van der Waals surface area (Å²) < 4.78 is 0. The van der Waals surface area contributed by atoms with Gasteiger partial charge in [-0.05, 0) is 36.6 Å². The van der Waals surface area contributed by atoms with Crippen LogP contribution in [0.1, 0.15) is 18.4 Å². The predicted molar refractivity (Wildman–Crippen MR) is 92.5 cm³/mol. The number of nitrogens with one attached hydrogen (secondary N) is 1. The second kappa shape index (κ2) is 6.20. The first-order valence-corrected chi connectivity index (χ1v) is 8.03. The predicted octanol–water partition coefficient (Wildman–Crippen LogP) is 3.24. The second-order valence-electron chi connectivity index (χ2n) is 5.82. The SMILES string of the molecule is c1cc(N2CCCC2)c(NCc2ccc3nccnc3c2)cn1. The molecule has 3 aromatic rings. The van der Waals surface area contributed by atoms with E-state index in [1.807, 2.05) is 18.5 Å². The van der Waals surface area contributed by atoms with Gasteiger partial charge < -0.3 is 10.2 Å². The van der Waals surface area contributed by atoms with Crippen molar-refractivity contribution < 1.29 is 0 Å². The summed E-state index contributed by atoms with van der Waals surface area (Å²) in [5.74, 6) is 0. The Morgan fingerprint density at radius 3 is 2.65 bits per heavy atom. The first-order chi connectivity index (χ1) is 11.4. The van der Waals surface area contributed by atoms with Crippen LogP contribution in [0.5, 0.6) is 0 Å². The summed E-state index contributed by atoms with van der Waals surface area (Å²) in [5, 5.41) is 3.52. The summed E-state index contributed by atoms with van der Waals surface area (Å²) in [7, 11) is 0. The van der Waals surface area contributed by atoms with Gasteiger partial charge in [-0.25, -0.2) is 0 Å². The first kappa shape index (κ1) is 13.9. The van der Waals surface area contributed by atoms with Crippen LogP contribution >= 0.6 is 0 Å². The molecule has 0 spiro atoms. The van der Waals surface area contributed by atoms with E-state index in [0.717, 1.165) is 36.4 Å². The zero-order chi connectivity index (χ0) is 15.5. The monoisotopic (exact) mass is 305 g/mol. The number of hydrogen-bond acceptors (Lipinski definition) is 5. The lowest BCUT2D eigenvalue weighted by Gasteiger charge is -2.21. The average Bonchev–Trinajstić information content (AvgIpc) is 3.14. The van der Waals surface area contributed by atoms with Gasteiger partial charge >= 0.3 is 0 Å². The molecule has 23 heavy (non-hydrogen) atoms. The van der Waals surface area contributed by atoms with E-state index >= 15 is 0 Å². The van der Waals surface area contributed by atoms with E-state index in [-0.39, 0.29) is 0 Å². The van der Waals surface area contributed by atoms with E-state index in [4.69, 9.17) is 0 Å². The minimum absolute atomic E-state index is 0.749. The normalized spacial score (nSPS) is 14.3. The van der Waals surface area contributed by atoms with Gasteiger partial charge in [-0.2, -0.15) is 0 Å². The number of fused-ring (bicyclic) bond motifs is 1. The van der Waals surface area contributed by atoms with E-state index in [1.165, 1.54) is 24.1 Å². The van der Waals surface area contributed by atoms with Crippen molar-refractivity contribution in [3.05, 3.63) is 54.6 Å². The van der Waals surface area contributed by atoms with Crippen LogP contribution in [0.25, 0.3) is 11.0 Å². The van der Waals surface area contributed by atoms with Crippen LogP contribution in [0.2, 0.25) is 0 Å². The molecule has 1 saturated heterocycles. The topological polar surface area (TPSA) is 53.9 Å². The van der Waals surface area contributed by atoms with Crippen molar-refractivity contribution in [2.24, 2.45) is 0 Å². The fourth-order valence-electron chi connectivity index (χ4n) is 3.07. The van der Waals surface area contributed by atoms with Crippen molar-refractivity contribution in [2.45, 2.75) is 19.4 Å². The van der Waals surface area contributed by atoms with Crippen LogP contribution in [0.4, 0.5) is 11.4 Å². The maximum absolute atomic E-state index is 4.37. The van der Waals surface area contributed by atoms with Gasteiger partial charge in [0.1, 0.15) is 0 Å². The highest BCUT2D eigenvalue weighted by molar-refractivity contribution is 5.75. The number of anilines is 2. The standard InChI is InChI=1S/C18H19N5/c1-2-10-23(9-1)18-5-6-19-13-17(18)22-12-14-3-4-15-16(11-14)21-8-7-20-15/h3-8,11,13,22H,1-2,9-10,12H2. The van der Waals surface area contributed by atoms with Crippen molar-refractivity contribution in [2.75, 3.05) is 23.3 Å². The van der Waals surface area contributed by atoms with Crippen molar-refractivity contribution >= 4 is 22.4 Å². The Labute approximate surface area is 135 Å². The van der Waals surface area contributed by atoms with Gasteiger partial charge in [0.05, 0.1) is 28.6 Å². The van der Waals surface area contributed by atoms with E-state index in [2.05, 4.69) is 43.4 Å². The van der Waals surface area contributed by atoms with Gasteiger partial charge in [0, 0.05) is 38.2 Å². The Morgan fingerprint density at radius 2 is 1.78 bits per heavy atom. The average molecular weight is 305 g/mol. The second-order valence-corrected chi connectivity index (χ2v) is 5.82. The van der Waals surface area contributed by atoms with Gasteiger partial charge in [-0.15, -0.1) is 0 Å². The highest BCUT2D eigenvalue weighted by Crippen LogP contribution is 2.28.